The largest absolute Gasteiger partial charge is 0.393 e. The highest BCUT2D eigenvalue weighted by atomic mass is 79.9. The molecule has 3 rings (SSSR count). The van der Waals surface area contributed by atoms with Crippen LogP contribution in [0.2, 0.25) is 0 Å². The van der Waals surface area contributed by atoms with E-state index in [0.29, 0.717) is 0 Å². The summed E-state index contributed by atoms with van der Waals surface area (Å²) in [6.45, 7) is 1.68. The molecule has 2 heterocycles. The van der Waals surface area contributed by atoms with E-state index in [1.807, 2.05) is 36.4 Å². The van der Waals surface area contributed by atoms with E-state index < -0.39 is 0 Å². The van der Waals surface area contributed by atoms with Gasteiger partial charge in [-0.25, -0.2) is 0 Å². The predicted molar refractivity (Wildman–Crippen MR) is 82.6 cm³/mol. The maximum Gasteiger partial charge on any atom is 0.151 e. The van der Waals surface area contributed by atoms with E-state index >= 15 is 0 Å². The average Bonchev–Trinajstić information content (AvgIpc) is 2.49. The Kier molecular flexibility index (Phi) is 3.98. The second-order valence-electron chi connectivity index (χ2n) is 4.97. The molecule has 0 radical (unpaired) electrons. The molecule has 1 aromatic carbocycles. The number of hydrogen-bond acceptors (Lipinski definition) is 4. The van der Waals surface area contributed by atoms with Gasteiger partial charge in [0.05, 0.1) is 11.8 Å². The summed E-state index contributed by atoms with van der Waals surface area (Å²) < 4.78 is 1.02. The molecule has 1 fully saturated rings. The Labute approximate surface area is 126 Å². The highest BCUT2D eigenvalue weighted by Crippen LogP contribution is 2.27. The van der Waals surface area contributed by atoms with E-state index in [1.54, 1.807) is 0 Å². The van der Waals surface area contributed by atoms with Crippen LogP contribution in [0, 0.1) is 0 Å². The van der Waals surface area contributed by atoms with Gasteiger partial charge in [-0.3, -0.25) is 0 Å². The number of hydrogen-bond donors (Lipinski definition) is 1. The predicted octanol–water partition coefficient (Wildman–Crippen LogP) is 2.87. The third-order valence-corrected chi connectivity index (χ3v) is 4.28. The van der Waals surface area contributed by atoms with Gasteiger partial charge >= 0.3 is 0 Å². The number of piperidine rings is 1. The van der Waals surface area contributed by atoms with Gasteiger partial charge in [-0.1, -0.05) is 34.1 Å². The zero-order chi connectivity index (χ0) is 13.9. The Bertz CT molecular complexity index is 580. The first-order chi connectivity index (χ1) is 9.74. The summed E-state index contributed by atoms with van der Waals surface area (Å²) >= 11 is 3.53. The molecule has 1 aliphatic heterocycles. The van der Waals surface area contributed by atoms with Crippen molar-refractivity contribution in [2.45, 2.75) is 18.9 Å². The number of aliphatic hydroxyl groups excluding tert-OH is 1. The van der Waals surface area contributed by atoms with Crippen LogP contribution in [0.15, 0.2) is 40.9 Å². The minimum atomic E-state index is -0.168. The van der Waals surface area contributed by atoms with Crippen LogP contribution >= 0.6 is 15.9 Å². The molecular formula is C15H16BrN3O. The molecule has 0 atom stereocenters. The fourth-order valence-corrected chi connectivity index (χ4v) is 2.89. The summed E-state index contributed by atoms with van der Waals surface area (Å²) in [4.78, 5) is 2.17. The summed E-state index contributed by atoms with van der Waals surface area (Å²) in [7, 11) is 0. The number of nitrogens with zero attached hydrogens (tertiary/aromatic N) is 3. The molecule has 1 N–H and O–H groups in total. The lowest BCUT2D eigenvalue weighted by molar-refractivity contribution is 0.145. The molecule has 5 heteroatoms. The van der Waals surface area contributed by atoms with Gasteiger partial charge in [0.25, 0.3) is 0 Å². The lowest BCUT2D eigenvalue weighted by Crippen LogP contribution is -2.36. The monoisotopic (exact) mass is 333 g/mol. The topological polar surface area (TPSA) is 49.2 Å². The highest BCUT2D eigenvalue weighted by Gasteiger charge is 2.18. The zero-order valence-corrected chi connectivity index (χ0v) is 12.6. The van der Waals surface area contributed by atoms with E-state index in [-0.39, 0.29) is 6.10 Å². The standard InChI is InChI=1S/C15H16BrN3O/c16-13-4-2-1-3-12(13)14-5-6-15(18-17-14)19-9-7-11(20)8-10-19/h1-6,11,20H,7-10H2. The third-order valence-electron chi connectivity index (χ3n) is 3.59. The molecule has 1 saturated heterocycles. The molecule has 1 aromatic heterocycles. The maximum absolute atomic E-state index is 9.53. The fourth-order valence-electron chi connectivity index (χ4n) is 2.40. The van der Waals surface area contributed by atoms with Gasteiger partial charge in [0.2, 0.25) is 0 Å². The van der Waals surface area contributed by atoms with Crippen LogP contribution < -0.4 is 4.90 Å². The lowest BCUT2D eigenvalue weighted by atomic mass is 10.1. The first-order valence-corrected chi connectivity index (χ1v) is 7.55. The number of aromatic nitrogens is 2. The van der Waals surface area contributed by atoms with Crippen LogP contribution in [0.4, 0.5) is 5.82 Å². The number of benzene rings is 1. The molecule has 2 aromatic rings. The lowest BCUT2D eigenvalue weighted by Gasteiger charge is -2.30. The molecule has 0 saturated carbocycles. The zero-order valence-electron chi connectivity index (χ0n) is 11.0. The van der Waals surface area contributed by atoms with Crippen molar-refractivity contribution in [3.05, 3.63) is 40.9 Å². The minimum Gasteiger partial charge on any atom is -0.393 e. The van der Waals surface area contributed by atoms with Crippen LogP contribution in [0.5, 0.6) is 0 Å². The average molecular weight is 334 g/mol. The smallest absolute Gasteiger partial charge is 0.151 e. The van der Waals surface area contributed by atoms with Gasteiger partial charge in [0.1, 0.15) is 0 Å². The Morgan fingerprint density at radius 3 is 2.45 bits per heavy atom. The molecule has 104 valence electrons. The molecular weight excluding hydrogens is 318 g/mol. The van der Waals surface area contributed by atoms with Gasteiger partial charge in [-0.2, -0.15) is 0 Å². The summed E-state index contributed by atoms with van der Waals surface area (Å²) in [6.07, 6.45) is 1.43. The minimum absolute atomic E-state index is 0.168. The maximum atomic E-state index is 9.53. The first-order valence-electron chi connectivity index (χ1n) is 6.75. The van der Waals surface area contributed by atoms with Gasteiger partial charge in [-0.05, 0) is 31.0 Å². The van der Waals surface area contributed by atoms with E-state index in [1.165, 1.54) is 0 Å². The summed E-state index contributed by atoms with van der Waals surface area (Å²) in [5, 5.41) is 18.2. The Balaban J connectivity index is 1.80. The molecule has 0 spiro atoms. The number of halogens is 1. The van der Waals surface area contributed by atoms with E-state index in [2.05, 4.69) is 31.0 Å². The van der Waals surface area contributed by atoms with Crippen LogP contribution in [-0.2, 0) is 0 Å². The normalized spacial score (nSPS) is 16.4. The second kappa shape index (κ2) is 5.89. The SMILES string of the molecule is OC1CCN(c2ccc(-c3ccccc3Br)nn2)CC1. The van der Waals surface area contributed by atoms with Crippen LogP contribution in [0.3, 0.4) is 0 Å². The van der Waals surface area contributed by atoms with Gasteiger partial charge < -0.3 is 10.0 Å². The Morgan fingerprint density at radius 2 is 1.80 bits per heavy atom. The van der Waals surface area contributed by atoms with Crippen molar-refractivity contribution in [1.29, 1.82) is 0 Å². The molecule has 0 unspecified atom stereocenters. The molecule has 0 aliphatic carbocycles. The molecule has 4 nitrogen and oxygen atoms in total. The van der Waals surface area contributed by atoms with Crippen molar-refractivity contribution in [3.63, 3.8) is 0 Å². The van der Waals surface area contributed by atoms with Gasteiger partial charge in [0, 0.05) is 23.1 Å². The molecule has 0 amide bonds. The van der Waals surface area contributed by atoms with Crippen LogP contribution in [0.1, 0.15) is 12.8 Å². The van der Waals surface area contributed by atoms with Gasteiger partial charge in [0.15, 0.2) is 5.82 Å². The van der Waals surface area contributed by atoms with Crippen molar-refractivity contribution < 1.29 is 5.11 Å². The summed E-state index contributed by atoms with van der Waals surface area (Å²) in [5.74, 6) is 0.882. The molecule has 1 aliphatic rings. The molecule has 0 bridgehead atoms. The first kappa shape index (κ1) is 13.5. The van der Waals surface area contributed by atoms with Gasteiger partial charge in [-0.15, -0.1) is 10.2 Å². The number of aliphatic hydroxyl groups is 1. The van der Waals surface area contributed by atoms with E-state index in [4.69, 9.17) is 0 Å². The highest BCUT2D eigenvalue weighted by molar-refractivity contribution is 9.10. The van der Waals surface area contributed by atoms with Crippen molar-refractivity contribution in [2.24, 2.45) is 0 Å². The van der Waals surface area contributed by atoms with Crippen molar-refractivity contribution in [1.82, 2.24) is 10.2 Å². The molecule has 20 heavy (non-hydrogen) atoms. The second-order valence-corrected chi connectivity index (χ2v) is 5.83. The van der Waals surface area contributed by atoms with E-state index in [0.717, 1.165) is 47.5 Å². The number of anilines is 1. The summed E-state index contributed by atoms with van der Waals surface area (Å²) in [6, 6.07) is 12.0. The fraction of sp³-hybridized carbons (Fsp3) is 0.333. The van der Waals surface area contributed by atoms with Crippen molar-refractivity contribution in [3.8, 4) is 11.3 Å². The van der Waals surface area contributed by atoms with Crippen molar-refractivity contribution in [2.75, 3.05) is 18.0 Å². The number of rotatable bonds is 2. The Hall–Kier alpha value is -1.46. The van der Waals surface area contributed by atoms with Crippen LogP contribution in [-0.4, -0.2) is 34.5 Å². The van der Waals surface area contributed by atoms with Crippen molar-refractivity contribution >= 4 is 21.7 Å². The quantitative estimate of drug-likeness (QED) is 0.918. The van der Waals surface area contributed by atoms with E-state index in [9.17, 15) is 5.11 Å². The summed E-state index contributed by atoms with van der Waals surface area (Å²) in [5.41, 5.74) is 1.90. The Morgan fingerprint density at radius 1 is 1.05 bits per heavy atom. The third kappa shape index (κ3) is 2.83. The van der Waals surface area contributed by atoms with Crippen LogP contribution in [0.25, 0.3) is 11.3 Å².